The lowest BCUT2D eigenvalue weighted by atomic mass is 9.93. The molecule has 0 aromatic carbocycles. The van der Waals surface area contributed by atoms with Crippen molar-refractivity contribution in [3.63, 3.8) is 0 Å². The minimum atomic E-state index is -1.11. The van der Waals surface area contributed by atoms with Gasteiger partial charge in [-0.2, -0.15) is 0 Å². The van der Waals surface area contributed by atoms with Crippen LogP contribution in [-0.4, -0.2) is 36.9 Å². The Labute approximate surface area is 112 Å². The van der Waals surface area contributed by atoms with E-state index < -0.39 is 11.5 Å². The Morgan fingerprint density at radius 3 is 2.32 bits per heavy atom. The number of carboxylic acids is 1. The largest absolute Gasteiger partial charge is 0.479 e. The van der Waals surface area contributed by atoms with Crippen LogP contribution in [0.4, 0.5) is 0 Å². The Kier molecular flexibility index (Phi) is 4.62. The number of rotatable bonds is 6. The van der Waals surface area contributed by atoms with Crippen molar-refractivity contribution < 1.29 is 14.6 Å². The van der Waals surface area contributed by atoms with Gasteiger partial charge in [0.25, 0.3) is 0 Å². The van der Waals surface area contributed by atoms with Crippen molar-refractivity contribution in [2.24, 2.45) is 0 Å². The molecule has 19 heavy (non-hydrogen) atoms. The molecule has 108 valence electrons. The fourth-order valence-electron chi connectivity index (χ4n) is 1.85. The van der Waals surface area contributed by atoms with Gasteiger partial charge in [-0.1, -0.05) is 13.8 Å². The van der Waals surface area contributed by atoms with E-state index in [1.54, 1.807) is 0 Å². The van der Waals surface area contributed by atoms with Crippen LogP contribution in [0.2, 0.25) is 0 Å². The highest BCUT2D eigenvalue weighted by Crippen LogP contribution is 2.26. The third-order valence-corrected chi connectivity index (χ3v) is 3.14. The lowest BCUT2D eigenvalue weighted by Crippen LogP contribution is -2.43. The van der Waals surface area contributed by atoms with Gasteiger partial charge in [-0.3, -0.25) is 0 Å². The van der Waals surface area contributed by atoms with Crippen molar-refractivity contribution in [3.8, 4) is 0 Å². The summed E-state index contributed by atoms with van der Waals surface area (Å²) in [4.78, 5) is 11.6. The molecule has 1 N–H and O–H groups in total. The van der Waals surface area contributed by atoms with E-state index in [9.17, 15) is 9.90 Å². The maximum Gasteiger partial charge on any atom is 0.331 e. The van der Waals surface area contributed by atoms with E-state index in [1.165, 1.54) is 4.68 Å². The zero-order chi connectivity index (χ0) is 14.7. The molecular formula is C12H22N4O3. The van der Waals surface area contributed by atoms with E-state index in [0.29, 0.717) is 18.7 Å². The van der Waals surface area contributed by atoms with Gasteiger partial charge in [0.15, 0.2) is 11.4 Å². The summed E-state index contributed by atoms with van der Waals surface area (Å²) in [5.74, 6) is -0.497. The summed E-state index contributed by atoms with van der Waals surface area (Å²) in [6.45, 7) is 9.58. The first-order valence-corrected chi connectivity index (χ1v) is 6.42. The summed E-state index contributed by atoms with van der Waals surface area (Å²) < 4.78 is 7.00. The summed E-state index contributed by atoms with van der Waals surface area (Å²) >= 11 is 0. The second kappa shape index (κ2) is 5.64. The van der Waals surface area contributed by atoms with Crippen molar-refractivity contribution in [2.45, 2.75) is 65.2 Å². The smallest absolute Gasteiger partial charge is 0.331 e. The molecule has 0 saturated heterocycles. The average Bonchev–Trinajstić information content (AvgIpc) is 2.76. The van der Waals surface area contributed by atoms with Crippen LogP contribution in [0.3, 0.4) is 0 Å². The number of ether oxygens (including phenoxy) is 1. The van der Waals surface area contributed by atoms with Crippen LogP contribution in [0.1, 0.15) is 53.3 Å². The van der Waals surface area contributed by atoms with Gasteiger partial charge < -0.3 is 9.84 Å². The van der Waals surface area contributed by atoms with Gasteiger partial charge in [0.2, 0.25) is 0 Å². The number of hydrogen-bond donors (Lipinski definition) is 1. The molecule has 1 aromatic heterocycles. The number of carbonyl (C=O) groups is 1. The monoisotopic (exact) mass is 270 g/mol. The lowest BCUT2D eigenvalue weighted by molar-refractivity contribution is -0.149. The first-order valence-electron chi connectivity index (χ1n) is 6.42. The normalized spacial score (nSPS) is 12.7. The zero-order valence-corrected chi connectivity index (χ0v) is 12.2. The third-order valence-electron chi connectivity index (χ3n) is 3.14. The van der Waals surface area contributed by atoms with Crippen LogP contribution in [-0.2, 0) is 21.7 Å². The topological polar surface area (TPSA) is 90.1 Å². The first kappa shape index (κ1) is 15.6. The fraction of sp³-hybridized carbons (Fsp3) is 0.833. The molecule has 0 saturated carbocycles. The van der Waals surface area contributed by atoms with Crippen molar-refractivity contribution in [3.05, 3.63) is 5.82 Å². The number of aliphatic carboxylic acids is 1. The molecule has 1 rings (SSSR count). The molecule has 1 aromatic rings. The molecule has 7 heteroatoms. The Balaban J connectivity index is 3.07. The molecule has 0 fully saturated rings. The Morgan fingerprint density at radius 2 is 1.89 bits per heavy atom. The van der Waals surface area contributed by atoms with Crippen LogP contribution in [0.15, 0.2) is 0 Å². The minimum absolute atomic E-state index is 0.186. The second-order valence-corrected chi connectivity index (χ2v) is 5.45. The molecule has 7 nitrogen and oxygen atoms in total. The van der Waals surface area contributed by atoms with Crippen molar-refractivity contribution in [1.82, 2.24) is 20.2 Å². The Bertz CT molecular complexity index is 432. The quantitative estimate of drug-likeness (QED) is 0.844. The predicted molar refractivity (Wildman–Crippen MR) is 68.6 cm³/mol. The molecule has 0 unspecified atom stereocenters. The number of hydrogen-bond acceptors (Lipinski definition) is 5. The molecule has 0 atom stereocenters. The van der Waals surface area contributed by atoms with E-state index in [4.69, 9.17) is 4.74 Å². The van der Waals surface area contributed by atoms with Crippen LogP contribution < -0.4 is 0 Å². The number of nitrogens with zero attached hydrogens (tertiary/aromatic N) is 4. The maximum atomic E-state index is 11.6. The summed E-state index contributed by atoms with van der Waals surface area (Å²) in [7, 11) is 0. The van der Waals surface area contributed by atoms with Crippen molar-refractivity contribution >= 4 is 5.97 Å². The molecule has 0 bridgehead atoms. The second-order valence-electron chi connectivity index (χ2n) is 5.45. The number of carboxylic acid groups (broad SMARTS) is 1. The van der Waals surface area contributed by atoms with E-state index >= 15 is 0 Å². The summed E-state index contributed by atoms with van der Waals surface area (Å²) in [5.41, 5.74) is -1.44. The van der Waals surface area contributed by atoms with Gasteiger partial charge in [0.05, 0.1) is 5.60 Å². The highest BCUT2D eigenvalue weighted by atomic mass is 16.5. The molecule has 0 amide bonds. The predicted octanol–water partition coefficient (Wildman–Crippen LogP) is 1.59. The number of aromatic nitrogens is 4. The lowest BCUT2D eigenvalue weighted by Gasteiger charge is -2.28. The molecule has 0 radical (unpaired) electrons. The van der Waals surface area contributed by atoms with Crippen molar-refractivity contribution in [2.75, 3.05) is 0 Å². The van der Waals surface area contributed by atoms with Gasteiger partial charge in [-0.05, 0) is 44.0 Å². The fourth-order valence-corrected chi connectivity index (χ4v) is 1.85. The Morgan fingerprint density at radius 1 is 1.32 bits per heavy atom. The van der Waals surface area contributed by atoms with E-state index in [1.807, 2.05) is 34.6 Å². The molecule has 1 heterocycles. The first-order chi connectivity index (χ1) is 8.77. The van der Waals surface area contributed by atoms with E-state index in [2.05, 4.69) is 15.5 Å². The summed E-state index contributed by atoms with van der Waals surface area (Å²) in [5, 5.41) is 20.8. The van der Waals surface area contributed by atoms with Crippen molar-refractivity contribution in [1.29, 1.82) is 0 Å². The highest BCUT2D eigenvalue weighted by molar-refractivity contribution is 5.76. The Hall–Kier alpha value is -1.50. The summed E-state index contributed by atoms with van der Waals surface area (Å²) in [6.07, 6.45) is 0.818. The SMILES string of the molecule is CCC(CC)(C(=O)O)n1nnnc1COC(C)(C)C. The van der Waals surface area contributed by atoms with E-state index in [0.717, 1.165) is 0 Å². The zero-order valence-electron chi connectivity index (χ0n) is 12.2. The standard InChI is InChI=1S/C12H22N4O3/c1-6-12(7-2,10(17)18)16-9(13-14-15-16)8-19-11(3,4)5/h6-8H2,1-5H3,(H,17,18). The van der Waals surface area contributed by atoms with Gasteiger partial charge in [-0.15, -0.1) is 5.10 Å². The molecule has 0 aliphatic rings. The van der Waals surface area contributed by atoms with Crippen LogP contribution in [0.5, 0.6) is 0 Å². The molecular weight excluding hydrogens is 248 g/mol. The van der Waals surface area contributed by atoms with Gasteiger partial charge >= 0.3 is 5.97 Å². The van der Waals surface area contributed by atoms with Crippen LogP contribution in [0.25, 0.3) is 0 Å². The average molecular weight is 270 g/mol. The number of tetrazole rings is 1. The molecule has 0 aliphatic heterocycles. The van der Waals surface area contributed by atoms with Gasteiger partial charge in [0.1, 0.15) is 6.61 Å². The van der Waals surface area contributed by atoms with Crippen LogP contribution >= 0.6 is 0 Å². The maximum absolute atomic E-state index is 11.6. The van der Waals surface area contributed by atoms with Gasteiger partial charge in [-0.25, -0.2) is 9.48 Å². The summed E-state index contributed by atoms with van der Waals surface area (Å²) in [6, 6.07) is 0. The highest BCUT2D eigenvalue weighted by Gasteiger charge is 2.40. The van der Waals surface area contributed by atoms with Crippen LogP contribution in [0, 0.1) is 0 Å². The van der Waals surface area contributed by atoms with Gasteiger partial charge in [0, 0.05) is 0 Å². The minimum Gasteiger partial charge on any atom is -0.479 e. The van der Waals surface area contributed by atoms with E-state index in [-0.39, 0.29) is 12.2 Å². The third kappa shape index (κ3) is 3.28. The molecule has 0 spiro atoms. The molecule has 0 aliphatic carbocycles.